The maximum absolute atomic E-state index is 12.6. The Hall–Kier alpha value is -2.83. The van der Waals surface area contributed by atoms with E-state index in [4.69, 9.17) is 9.15 Å². The van der Waals surface area contributed by atoms with Crippen molar-refractivity contribution in [3.8, 4) is 5.75 Å². The monoisotopic (exact) mass is 401 g/mol. The van der Waals surface area contributed by atoms with E-state index in [1.54, 1.807) is 19.9 Å². The van der Waals surface area contributed by atoms with E-state index in [1.807, 2.05) is 19.9 Å². The number of carboxylic acid groups (broad SMARTS) is 1. The first-order valence-electron chi connectivity index (χ1n) is 10.0. The van der Waals surface area contributed by atoms with Crippen molar-refractivity contribution in [2.75, 3.05) is 0 Å². The molecule has 1 amide bonds. The molecule has 2 N–H and O–H groups in total. The van der Waals surface area contributed by atoms with Gasteiger partial charge in [-0.05, 0) is 62.3 Å². The van der Waals surface area contributed by atoms with Gasteiger partial charge < -0.3 is 19.6 Å². The number of carbonyl (C=O) groups is 2. The lowest BCUT2D eigenvalue weighted by Gasteiger charge is -2.23. The van der Waals surface area contributed by atoms with Crippen LogP contribution >= 0.6 is 0 Å². The summed E-state index contributed by atoms with van der Waals surface area (Å²) in [6.45, 7) is 7.09. The SMILES string of the molecule is CC[C@H](C)[C@H](NC(=O)C(C)Oc1cc(C)cc2oc(=O)c3c(c12)CCC3)C(=O)O. The lowest BCUT2D eigenvalue weighted by Crippen LogP contribution is -2.49. The van der Waals surface area contributed by atoms with Crippen molar-refractivity contribution < 1.29 is 23.8 Å². The molecule has 0 saturated carbocycles. The highest BCUT2D eigenvalue weighted by molar-refractivity contribution is 5.90. The molecule has 7 nitrogen and oxygen atoms in total. The number of ether oxygens (including phenoxy) is 1. The Morgan fingerprint density at radius 3 is 2.59 bits per heavy atom. The van der Waals surface area contributed by atoms with E-state index in [9.17, 15) is 19.5 Å². The van der Waals surface area contributed by atoms with Gasteiger partial charge in [0.2, 0.25) is 0 Å². The van der Waals surface area contributed by atoms with Crippen molar-refractivity contribution in [1.82, 2.24) is 5.32 Å². The summed E-state index contributed by atoms with van der Waals surface area (Å²) in [5, 5.41) is 12.7. The average Bonchev–Trinajstić information content (AvgIpc) is 3.14. The summed E-state index contributed by atoms with van der Waals surface area (Å²) in [5.74, 6) is -1.30. The maximum atomic E-state index is 12.6. The molecular weight excluding hydrogens is 374 g/mol. The van der Waals surface area contributed by atoms with Crippen LogP contribution in [0, 0.1) is 12.8 Å². The molecule has 2 aromatic rings. The molecule has 156 valence electrons. The predicted molar refractivity (Wildman–Crippen MR) is 108 cm³/mol. The van der Waals surface area contributed by atoms with Gasteiger partial charge in [0.05, 0.1) is 5.39 Å². The number of amides is 1. The topological polar surface area (TPSA) is 106 Å². The molecule has 29 heavy (non-hydrogen) atoms. The first-order chi connectivity index (χ1) is 13.7. The standard InChI is InChI=1S/C22H27NO6/c1-5-12(3)19(21(25)26)23-20(24)13(4)28-16-9-11(2)10-17-18(16)14-7-6-8-15(14)22(27)29-17/h9-10,12-13,19H,5-8H2,1-4H3,(H,23,24)(H,25,26)/t12-,13?,19-/m0/s1. The number of rotatable bonds is 7. The molecular formula is C22H27NO6. The minimum absolute atomic E-state index is 0.207. The zero-order chi connectivity index (χ0) is 21.3. The van der Waals surface area contributed by atoms with Crippen molar-refractivity contribution in [3.63, 3.8) is 0 Å². The molecule has 3 rings (SSSR count). The lowest BCUT2D eigenvalue weighted by molar-refractivity contribution is -0.144. The number of benzene rings is 1. The van der Waals surface area contributed by atoms with Crippen LogP contribution in [0.15, 0.2) is 21.3 Å². The molecule has 0 aliphatic heterocycles. The van der Waals surface area contributed by atoms with Gasteiger partial charge in [0.1, 0.15) is 17.4 Å². The third kappa shape index (κ3) is 4.13. The van der Waals surface area contributed by atoms with Crippen LogP contribution in [0.25, 0.3) is 11.0 Å². The van der Waals surface area contributed by atoms with Gasteiger partial charge in [-0.2, -0.15) is 0 Å². The van der Waals surface area contributed by atoms with Gasteiger partial charge in [0.15, 0.2) is 6.10 Å². The van der Waals surface area contributed by atoms with Crippen LogP contribution in [-0.4, -0.2) is 29.1 Å². The summed E-state index contributed by atoms with van der Waals surface area (Å²) < 4.78 is 11.5. The fourth-order valence-electron chi connectivity index (χ4n) is 3.80. The van der Waals surface area contributed by atoms with Crippen LogP contribution in [0.1, 0.15) is 50.3 Å². The predicted octanol–water partition coefficient (Wildman–Crippen LogP) is 2.97. The average molecular weight is 401 g/mol. The number of fused-ring (bicyclic) bond motifs is 3. The van der Waals surface area contributed by atoms with Gasteiger partial charge >= 0.3 is 11.6 Å². The zero-order valence-corrected chi connectivity index (χ0v) is 17.2. The fourth-order valence-corrected chi connectivity index (χ4v) is 3.80. The highest BCUT2D eigenvalue weighted by atomic mass is 16.5. The molecule has 1 aliphatic rings. The molecule has 7 heteroatoms. The molecule has 1 aromatic heterocycles. The summed E-state index contributed by atoms with van der Waals surface area (Å²) in [4.78, 5) is 36.3. The second-order valence-corrected chi connectivity index (χ2v) is 7.81. The second kappa shape index (κ2) is 8.27. The number of nitrogens with one attached hydrogen (secondary N) is 1. The highest BCUT2D eigenvalue weighted by Crippen LogP contribution is 2.35. The Morgan fingerprint density at radius 1 is 1.24 bits per heavy atom. The van der Waals surface area contributed by atoms with Gasteiger partial charge in [-0.3, -0.25) is 4.79 Å². The largest absolute Gasteiger partial charge is 0.480 e. The smallest absolute Gasteiger partial charge is 0.339 e. The summed E-state index contributed by atoms with van der Waals surface area (Å²) in [7, 11) is 0. The van der Waals surface area contributed by atoms with Crippen molar-refractivity contribution in [1.29, 1.82) is 0 Å². The van der Waals surface area contributed by atoms with Crippen molar-refractivity contribution in [2.45, 2.75) is 65.5 Å². The fraction of sp³-hybridized carbons (Fsp3) is 0.500. The minimum Gasteiger partial charge on any atom is -0.480 e. The van der Waals surface area contributed by atoms with Gasteiger partial charge in [0, 0.05) is 5.56 Å². The molecule has 1 aliphatic carbocycles. The Balaban J connectivity index is 1.91. The van der Waals surface area contributed by atoms with Crippen LogP contribution < -0.4 is 15.7 Å². The molecule has 3 atom stereocenters. The van der Waals surface area contributed by atoms with Crippen molar-refractivity contribution in [2.24, 2.45) is 5.92 Å². The highest BCUT2D eigenvalue weighted by Gasteiger charge is 2.29. The van der Waals surface area contributed by atoms with E-state index in [-0.39, 0.29) is 11.5 Å². The van der Waals surface area contributed by atoms with E-state index in [2.05, 4.69) is 5.32 Å². The Labute approximate surface area is 169 Å². The molecule has 0 radical (unpaired) electrons. The van der Waals surface area contributed by atoms with Crippen LogP contribution in [0.3, 0.4) is 0 Å². The normalized spacial score (nSPS) is 16.1. The molecule has 1 unspecified atom stereocenters. The molecule has 0 spiro atoms. The molecule has 0 saturated heterocycles. The maximum Gasteiger partial charge on any atom is 0.339 e. The van der Waals surface area contributed by atoms with E-state index in [0.29, 0.717) is 29.7 Å². The minimum atomic E-state index is -1.07. The molecule has 1 aromatic carbocycles. The van der Waals surface area contributed by atoms with Crippen LogP contribution in [0.4, 0.5) is 0 Å². The van der Waals surface area contributed by atoms with Crippen LogP contribution in [-0.2, 0) is 22.4 Å². The second-order valence-electron chi connectivity index (χ2n) is 7.81. The number of aliphatic carboxylic acids is 1. The van der Waals surface area contributed by atoms with Crippen LogP contribution in [0.2, 0.25) is 0 Å². The summed E-state index contributed by atoms with van der Waals surface area (Å²) in [5.41, 5.74) is 2.56. The summed E-state index contributed by atoms with van der Waals surface area (Å²) >= 11 is 0. The number of hydrogen-bond donors (Lipinski definition) is 2. The summed E-state index contributed by atoms with van der Waals surface area (Å²) in [6, 6.07) is 2.62. The number of carbonyl (C=O) groups excluding carboxylic acids is 1. The van der Waals surface area contributed by atoms with Crippen LogP contribution in [0.5, 0.6) is 5.75 Å². The first kappa shape index (κ1) is 20.9. The molecule has 0 bridgehead atoms. The van der Waals surface area contributed by atoms with Gasteiger partial charge in [0.25, 0.3) is 5.91 Å². The van der Waals surface area contributed by atoms with E-state index in [1.165, 1.54) is 0 Å². The summed E-state index contributed by atoms with van der Waals surface area (Å²) in [6.07, 6.45) is 2.02. The molecule has 0 fully saturated rings. The number of carboxylic acids is 1. The third-order valence-electron chi connectivity index (χ3n) is 5.63. The Kier molecular flexibility index (Phi) is 5.96. The van der Waals surface area contributed by atoms with E-state index in [0.717, 1.165) is 29.4 Å². The van der Waals surface area contributed by atoms with E-state index < -0.39 is 24.0 Å². The lowest BCUT2D eigenvalue weighted by atomic mass is 9.99. The molecule has 1 heterocycles. The number of hydrogen-bond acceptors (Lipinski definition) is 5. The van der Waals surface area contributed by atoms with Crippen molar-refractivity contribution >= 4 is 22.8 Å². The zero-order valence-electron chi connectivity index (χ0n) is 17.2. The Morgan fingerprint density at radius 2 is 1.93 bits per heavy atom. The third-order valence-corrected chi connectivity index (χ3v) is 5.63. The van der Waals surface area contributed by atoms with Crippen molar-refractivity contribution in [3.05, 3.63) is 39.2 Å². The van der Waals surface area contributed by atoms with E-state index >= 15 is 0 Å². The first-order valence-corrected chi connectivity index (χ1v) is 10.0. The Bertz CT molecular complexity index is 1010. The quantitative estimate of drug-likeness (QED) is 0.691. The van der Waals surface area contributed by atoms with Gasteiger partial charge in [-0.25, -0.2) is 9.59 Å². The number of aryl methyl sites for hydroxylation is 2. The van der Waals surface area contributed by atoms with Gasteiger partial charge in [-0.1, -0.05) is 20.3 Å². The van der Waals surface area contributed by atoms with Gasteiger partial charge in [-0.15, -0.1) is 0 Å².